The Balaban J connectivity index is 1.68. The fourth-order valence-corrected chi connectivity index (χ4v) is 2.86. The number of halogens is 2. The highest BCUT2D eigenvalue weighted by Gasteiger charge is 2.15. The number of anilines is 1. The van der Waals surface area contributed by atoms with E-state index in [2.05, 4.69) is 10.6 Å². The van der Waals surface area contributed by atoms with Gasteiger partial charge in [0.25, 0.3) is 11.8 Å². The fourth-order valence-electron chi connectivity index (χ4n) is 2.86. The van der Waals surface area contributed by atoms with Gasteiger partial charge in [0, 0.05) is 16.8 Å². The van der Waals surface area contributed by atoms with Crippen LogP contribution in [0, 0.1) is 11.6 Å². The summed E-state index contributed by atoms with van der Waals surface area (Å²) in [6.45, 7) is 1.74. The van der Waals surface area contributed by atoms with E-state index in [0.29, 0.717) is 22.4 Å². The Morgan fingerprint density at radius 3 is 2.30 bits per heavy atom. The molecule has 0 spiro atoms. The van der Waals surface area contributed by atoms with E-state index in [1.165, 1.54) is 49.6 Å². The number of hydrogen-bond acceptors (Lipinski definition) is 3. The van der Waals surface area contributed by atoms with Crippen LogP contribution in [0.4, 0.5) is 14.5 Å². The quantitative estimate of drug-likeness (QED) is 0.618. The first-order chi connectivity index (χ1) is 14.4. The standard InChI is InChI=1S/C23H20F2N2O3/c1-14(16-8-11-21(30-2)20(25)13-16)26-23(29)17-4-3-5-19(12-17)27-22(28)15-6-9-18(24)10-7-15/h3-14H,1-2H3,(H,26,29)(H,27,28). The lowest BCUT2D eigenvalue weighted by Crippen LogP contribution is -2.26. The Kier molecular flexibility index (Phi) is 6.41. The highest BCUT2D eigenvalue weighted by Crippen LogP contribution is 2.22. The summed E-state index contributed by atoms with van der Waals surface area (Å²) in [5.41, 5.74) is 1.62. The highest BCUT2D eigenvalue weighted by molar-refractivity contribution is 6.05. The van der Waals surface area contributed by atoms with Crippen molar-refractivity contribution in [3.8, 4) is 5.75 Å². The van der Waals surface area contributed by atoms with Gasteiger partial charge in [-0.25, -0.2) is 8.78 Å². The summed E-state index contributed by atoms with van der Waals surface area (Å²) in [6, 6.07) is 15.6. The summed E-state index contributed by atoms with van der Waals surface area (Å²) < 4.78 is 31.8. The monoisotopic (exact) mass is 410 g/mol. The van der Waals surface area contributed by atoms with Gasteiger partial charge in [-0.3, -0.25) is 9.59 Å². The van der Waals surface area contributed by atoms with Crippen LogP contribution >= 0.6 is 0 Å². The van der Waals surface area contributed by atoms with Gasteiger partial charge in [-0.2, -0.15) is 0 Å². The molecule has 0 heterocycles. The Hall–Kier alpha value is -3.74. The molecule has 2 amide bonds. The molecule has 2 N–H and O–H groups in total. The van der Waals surface area contributed by atoms with Gasteiger partial charge in [-0.05, 0) is 67.1 Å². The van der Waals surface area contributed by atoms with Crippen molar-refractivity contribution < 1.29 is 23.1 Å². The predicted octanol–water partition coefficient (Wildman–Crippen LogP) is 4.72. The summed E-state index contributed by atoms with van der Waals surface area (Å²) in [5.74, 6) is -1.62. The summed E-state index contributed by atoms with van der Waals surface area (Å²) in [4.78, 5) is 24.9. The molecular formula is C23H20F2N2O3. The van der Waals surface area contributed by atoms with E-state index in [4.69, 9.17) is 4.74 Å². The van der Waals surface area contributed by atoms with Gasteiger partial charge < -0.3 is 15.4 Å². The van der Waals surface area contributed by atoms with E-state index in [0.717, 1.165) is 0 Å². The first kappa shape index (κ1) is 21.0. The normalized spacial score (nSPS) is 11.5. The van der Waals surface area contributed by atoms with Crippen LogP contribution in [0.5, 0.6) is 5.75 Å². The Morgan fingerprint density at radius 1 is 0.900 bits per heavy atom. The van der Waals surface area contributed by atoms with Crippen LogP contribution < -0.4 is 15.4 Å². The average molecular weight is 410 g/mol. The molecule has 154 valence electrons. The maximum Gasteiger partial charge on any atom is 0.255 e. The molecule has 1 unspecified atom stereocenters. The first-order valence-electron chi connectivity index (χ1n) is 9.18. The number of rotatable bonds is 6. The van der Waals surface area contributed by atoms with Crippen LogP contribution in [0.15, 0.2) is 66.7 Å². The third-order valence-electron chi connectivity index (χ3n) is 4.51. The van der Waals surface area contributed by atoms with E-state index in [1.54, 1.807) is 31.2 Å². The highest BCUT2D eigenvalue weighted by atomic mass is 19.1. The number of amides is 2. The smallest absolute Gasteiger partial charge is 0.255 e. The molecule has 0 fully saturated rings. The van der Waals surface area contributed by atoms with Gasteiger partial charge in [-0.15, -0.1) is 0 Å². The minimum atomic E-state index is -0.512. The van der Waals surface area contributed by atoms with Crippen molar-refractivity contribution in [1.29, 1.82) is 0 Å². The van der Waals surface area contributed by atoms with Crippen molar-refractivity contribution in [3.05, 3.63) is 95.1 Å². The Bertz CT molecular complexity index is 1070. The van der Waals surface area contributed by atoms with Crippen molar-refractivity contribution in [2.45, 2.75) is 13.0 Å². The van der Waals surface area contributed by atoms with Crippen molar-refractivity contribution in [2.75, 3.05) is 12.4 Å². The van der Waals surface area contributed by atoms with Crippen LogP contribution in [-0.4, -0.2) is 18.9 Å². The lowest BCUT2D eigenvalue weighted by molar-refractivity contribution is 0.0938. The van der Waals surface area contributed by atoms with E-state index in [1.807, 2.05) is 0 Å². The molecule has 3 rings (SSSR count). The molecule has 0 aromatic heterocycles. The van der Waals surface area contributed by atoms with Crippen LogP contribution in [0.2, 0.25) is 0 Å². The second kappa shape index (κ2) is 9.17. The van der Waals surface area contributed by atoms with E-state index in [-0.39, 0.29) is 11.7 Å². The number of benzene rings is 3. The van der Waals surface area contributed by atoms with Crippen LogP contribution in [0.1, 0.15) is 39.2 Å². The largest absolute Gasteiger partial charge is 0.494 e. The summed E-state index contributed by atoms with van der Waals surface area (Å²) in [5, 5.41) is 5.47. The minimum Gasteiger partial charge on any atom is -0.494 e. The predicted molar refractivity (Wildman–Crippen MR) is 110 cm³/mol. The Morgan fingerprint density at radius 2 is 1.63 bits per heavy atom. The molecular weight excluding hydrogens is 390 g/mol. The fraction of sp³-hybridized carbons (Fsp3) is 0.130. The van der Waals surface area contributed by atoms with Gasteiger partial charge in [-0.1, -0.05) is 12.1 Å². The summed E-state index contributed by atoms with van der Waals surface area (Å²) >= 11 is 0. The van der Waals surface area contributed by atoms with Crippen LogP contribution in [-0.2, 0) is 0 Å². The van der Waals surface area contributed by atoms with Gasteiger partial charge in [0.2, 0.25) is 0 Å². The van der Waals surface area contributed by atoms with Crippen molar-refractivity contribution >= 4 is 17.5 Å². The number of methoxy groups -OCH3 is 1. The number of ether oxygens (including phenoxy) is 1. The molecule has 0 bridgehead atoms. The number of nitrogens with one attached hydrogen (secondary N) is 2. The first-order valence-corrected chi connectivity index (χ1v) is 9.18. The maximum absolute atomic E-state index is 13.9. The SMILES string of the molecule is COc1ccc(C(C)NC(=O)c2cccc(NC(=O)c3ccc(F)cc3)c2)cc1F. The van der Waals surface area contributed by atoms with E-state index < -0.39 is 23.6 Å². The molecule has 5 nitrogen and oxygen atoms in total. The minimum absolute atomic E-state index is 0.127. The molecule has 0 aliphatic carbocycles. The van der Waals surface area contributed by atoms with E-state index in [9.17, 15) is 18.4 Å². The Labute approximate surface area is 172 Å². The second-order valence-corrected chi connectivity index (χ2v) is 6.63. The topological polar surface area (TPSA) is 67.4 Å². The molecule has 3 aromatic carbocycles. The average Bonchev–Trinajstić information content (AvgIpc) is 2.74. The third-order valence-corrected chi connectivity index (χ3v) is 4.51. The molecule has 30 heavy (non-hydrogen) atoms. The summed E-state index contributed by atoms with van der Waals surface area (Å²) in [7, 11) is 1.38. The van der Waals surface area contributed by atoms with Crippen molar-refractivity contribution in [2.24, 2.45) is 0 Å². The summed E-state index contributed by atoms with van der Waals surface area (Å²) in [6.07, 6.45) is 0. The third kappa shape index (κ3) is 5.00. The molecule has 0 aliphatic rings. The number of carbonyl (C=O) groups excluding carboxylic acids is 2. The van der Waals surface area contributed by atoms with Gasteiger partial charge >= 0.3 is 0 Å². The molecule has 7 heteroatoms. The molecule has 0 aliphatic heterocycles. The second-order valence-electron chi connectivity index (χ2n) is 6.63. The van der Waals surface area contributed by atoms with Crippen molar-refractivity contribution in [1.82, 2.24) is 5.32 Å². The lowest BCUT2D eigenvalue weighted by atomic mass is 10.1. The van der Waals surface area contributed by atoms with Crippen molar-refractivity contribution in [3.63, 3.8) is 0 Å². The molecule has 3 aromatic rings. The van der Waals surface area contributed by atoms with Gasteiger partial charge in [0.05, 0.1) is 13.2 Å². The zero-order chi connectivity index (χ0) is 21.7. The zero-order valence-corrected chi connectivity index (χ0v) is 16.4. The number of hydrogen-bond donors (Lipinski definition) is 2. The van der Waals surface area contributed by atoms with Gasteiger partial charge in [0.15, 0.2) is 11.6 Å². The number of carbonyl (C=O) groups is 2. The maximum atomic E-state index is 13.9. The van der Waals surface area contributed by atoms with Crippen LogP contribution in [0.25, 0.3) is 0 Å². The lowest BCUT2D eigenvalue weighted by Gasteiger charge is -2.16. The van der Waals surface area contributed by atoms with Gasteiger partial charge in [0.1, 0.15) is 5.82 Å². The molecule has 0 radical (unpaired) electrons. The zero-order valence-electron chi connectivity index (χ0n) is 16.4. The molecule has 1 atom stereocenters. The molecule has 0 saturated carbocycles. The van der Waals surface area contributed by atoms with Crippen LogP contribution in [0.3, 0.4) is 0 Å². The molecule has 0 saturated heterocycles. The van der Waals surface area contributed by atoms with E-state index >= 15 is 0 Å².